The first-order chi connectivity index (χ1) is 9.20. The standard InChI is InChI=1S/C14H20ClN3O/c1-2-6-16-13-7-11(12(15)9-17-13)14(19)18-8-10-4-3-5-10/h7,9-10H,2-6,8H2,1H3,(H,16,17)(H,18,19). The summed E-state index contributed by atoms with van der Waals surface area (Å²) in [6, 6.07) is 1.72. The number of pyridine rings is 1. The SMILES string of the molecule is CCCNc1cc(C(=O)NCC2CCC2)c(Cl)cn1. The van der Waals surface area contributed by atoms with Crippen molar-refractivity contribution in [2.24, 2.45) is 5.92 Å². The monoisotopic (exact) mass is 281 g/mol. The van der Waals surface area contributed by atoms with Crippen molar-refractivity contribution < 1.29 is 4.79 Å². The van der Waals surface area contributed by atoms with Gasteiger partial charge in [0.15, 0.2) is 0 Å². The fraction of sp³-hybridized carbons (Fsp3) is 0.571. The summed E-state index contributed by atoms with van der Waals surface area (Å²) in [5.74, 6) is 1.22. The third kappa shape index (κ3) is 3.83. The van der Waals surface area contributed by atoms with Crippen molar-refractivity contribution >= 4 is 23.3 Å². The molecule has 104 valence electrons. The number of rotatable bonds is 6. The number of amides is 1. The molecule has 1 fully saturated rings. The van der Waals surface area contributed by atoms with E-state index in [0.29, 0.717) is 22.3 Å². The molecule has 1 aliphatic carbocycles. The number of halogens is 1. The minimum absolute atomic E-state index is 0.112. The molecule has 0 spiro atoms. The number of carbonyl (C=O) groups excluding carboxylic acids is 1. The molecule has 1 aromatic rings. The molecule has 1 aromatic heterocycles. The normalized spacial score (nSPS) is 14.8. The molecule has 1 saturated carbocycles. The van der Waals surface area contributed by atoms with Gasteiger partial charge in [0.1, 0.15) is 5.82 Å². The van der Waals surface area contributed by atoms with Gasteiger partial charge >= 0.3 is 0 Å². The highest BCUT2D eigenvalue weighted by atomic mass is 35.5. The Bertz CT molecular complexity index is 446. The second-order valence-corrected chi connectivity index (χ2v) is 5.39. The van der Waals surface area contributed by atoms with E-state index >= 15 is 0 Å². The number of hydrogen-bond donors (Lipinski definition) is 2. The largest absolute Gasteiger partial charge is 0.370 e. The van der Waals surface area contributed by atoms with Crippen LogP contribution >= 0.6 is 11.6 Å². The minimum atomic E-state index is -0.112. The lowest BCUT2D eigenvalue weighted by molar-refractivity contribution is 0.0939. The lowest BCUT2D eigenvalue weighted by atomic mass is 9.85. The maximum absolute atomic E-state index is 12.1. The van der Waals surface area contributed by atoms with Crippen molar-refractivity contribution in [2.75, 3.05) is 18.4 Å². The molecule has 1 aliphatic rings. The molecular formula is C14H20ClN3O. The molecule has 0 aromatic carbocycles. The van der Waals surface area contributed by atoms with Crippen molar-refractivity contribution in [3.05, 3.63) is 22.8 Å². The summed E-state index contributed by atoms with van der Waals surface area (Å²) in [5, 5.41) is 6.50. The van der Waals surface area contributed by atoms with E-state index in [1.165, 1.54) is 25.5 Å². The quantitative estimate of drug-likeness (QED) is 0.842. The zero-order chi connectivity index (χ0) is 13.7. The second-order valence-electron chi connectivity index (χ2n) is 4.98. The lowest BCUT2D eigenvalue weighted by Gasteiger charge is -2.25. The summed E-state index contributed by atoms with van der Waals surface area (Å²) < 4.78 is 0. The smallest absolute Gasteiger partial charge is 0.252 e. The van der Waals surface area contributed by atoms with Gasteiger partial charge in [-0.15, -0.1) is 0 Å². The summed E-state index contributed by atoms with van der Waals surface area (Å²) in [4.78, 5) is 16.2. The number of hydrogen-bond acceptors (Lipinski definition) is 3. The van der Waals surface area contributed by atoms with Crippen LogP contribution in [0.3, 0.4) is 0 Å². The van der Waals surface area contributed by atoms with E-state index < -0.39 is 0 Å². The fourth-order valence-corrected chi connectivity index (χ4v) is 2.18. The van der Waals surface area contributed by atoms with Crippen LogP contribution in [0.5, 0.6) is 0 Å². The van der Waals surface area contributed by atoms with E-state index in [1.807, 2.05) is 0 Å². The Labute approximate surface area is 118 Å². The molecule has 1 heterocycles. The van der Waals surface area contributed by atoms with Gasteiger partial charge in [-0.3, -0.25) is 4.79 Å². The molecule has 0 bridgehead atoms. The Kier molecular flexibility index (Phi) is 5.02. The Hall–Kier alpha value is -1.29. The van der Waals surface area contributed by atoms with Crippen LogP contribution in [0.15, 0.2) is 12.3 Å². The van der Waals surface area contributed by atoms with Crippen molar-refractivity contribution in [1.29, 1.82) is 0 Å². The summed E-state index contributed by atoms with van der Waals surface area (Å²) in [7, 11) is 0. The zero-order valence-corrected chi connectivity index (χ0v) is 12.0. The van der Waals surface area contributed by atoms with E-state index in [-0.39, 0.29) is 5.91 Å². The van der Waals surface area contributed by atoms with Crippen LogP contribution in [0, 0.1) is 5.92 Å². The molecule has 2 N–H and O–H groups in total. The molecule has 0 saturated heterocycles. The zero-order valence-electron chi connectivity index (χ0n) is 11.2. The van der Waals surface area contributed by atoms with Crippen LogP contribution in [-0.2, 0) is 0 Å². The van der Waals surface area contributed by atoms with E-state index in [2.05, 4.69) is 22.5 Å². The van der Waals surface area contributed by atoms with Gasteiger partial charge in [0.2, 0.25) is 0 Å². The van der Waals surface area contributed by atoms with Gasteiger partial charge in [-0.25, -0.2) is 4.98 Å². The molecule has 2 rings (SSSR count). The lowest BCUT2D eigenvalue weighted by Crippen LogP contribution is -2.32. The first-order valence-corrected chi connectivity index (χ1v) is 7.26. The Balaban J connectivity index is 1.97. The molecular weight excluding hydrogens is 262 g/mol. The van der Waals surface area contributed by atoms with Crippen molar-refractivity contribution in [3.63, 3.8) is 0 Å². The minimum Gasteiger partial charge on any atom is -0.370 e. The molecule has 5 heteroatoms. The Morgan fingerprint density at radius 3 is 2.95 bits per heavy atom. The average molecular weight is 282 g/mol. The molecule has 19 heavy (non-hydrogen) atoms. The summed E-state index contributed by atoms with van der Waals surface area (Å²) in [6.07, 6.45) is 6.24. The van der Waals surface area contributed by atoms with Gasteiger partial charge in [0.05, 0.1) is 10.6 Å². The van der Waals surface area contributed by atoms with E-state index in [0.717, 1.165) is 19.5 Å². The van der Waals surface area contributed by atoms with Gasteiger partial charge in [-0.05, 0) is 31.2 Å². The summed E-state index contributed by atoms with van der Waals surface area (Å²) in [5.41, 5.74) is 0.495. The topological polar surface area (TPSA) is 54.0 Å². The Morgan fingerprint density at radius 2 is 2.32 bits per heavy atom. The number of anilines is 1. The molecule has 0 unspecified atom stereocenters. The number of aromatic nitrogens is 1. The maximum Gasteiger partial charge on any atom is 0.252 e. The molecule has 1 amide bonds. The van der Waals surface area contributed by atoms with Crippen LogP contribution in [0.25, 0.3) is 0 Å². The third-order valence-electron chi connectivity index (χ3n) is 3.43. The molecule has 4 nitrogen and oxygen atoms in total. The molecule has 0 atom stereocenters. The number of nitrogens with one attached hydrogen (secondary N) is 2. The summed E-state index contributed by atoms with van der Waals surface area (Å²) in [6.45, 7) is 3.65. The van der Waals surface area contributed by atoms with E-state index in [4.69, 9.17) is 11.6 Å². The van der Waals surface area contributed by atoms with Gasteiger partial charge in [0.25, 0.3) is 5.91 Å². The average Bonchev–Trinajstić information content (AvgIpc) is 2.35. The van der Waals surface area contributed by atoms with Crippen LogP contribution in [0.2, 0.25) is 5.02 Å². The highest BCUT2D eigenvalue weighted by Gasteiger charge is 2.19. The maximum atomic E-state index is 12.1. The number of carbonyl (C=O) groups is 1. The first-order valence-electron chi connectivity index (χ1n) is 6.88. The van der Waals surface area contributed by atoms with Gasteiger partial charge < -0.3 is 10.6 Å². The van der Waals surface area contributed by atoms with E-state index in [1.54, 1.807) is 6.07 Å². The molecule has 0 radical (unpaired) electrons. The Morgan fingerprint density at radius 1 is 1.53 bits per heavy atom. The van der Waals surface area contributed by atoms with Crippen molar-refractivity contribution in [2.45, 2.75) is 32.6 Å². The first kappa shape index (κ1) is 14.1. The van der Waals surface area contributed by atoms with Crippen LogP contribution in [-0.4, -0.2) is 24.0 Å². The fourth-order valence-electron chi connectivity index (χ4n) is 1.99. The highest BCUT2D eigenvalue weighted by Crippen LogP contribution is 2.25. The van der Waals surface area contributed by atoms with Gasteiger partial charge in [-0.1, -0.05) is 24.9 Å². The van der Waals surface area contributed by atoms with Gasteiger partial charge in [0, 0.05) is 19.3 Å². The van der Waals surface area contributed by atoms with Crippen molar-refractivity contribution in [3.8, 4) is 0 Å². The van der Waals surface area contributed by atoms with Gasteiger partial charge in [-0.2, -0.15) is 0 Å². The highest BCUT2D eigenvalue weighted by molar-refractivity contribution is 6.33. The molecule has 0 aliphatic heterocycles. The van der Waals surface area contributed by atoms with Crippen molar-refractivity contribution in [1.82, 2.24) is 10.3 Å². The van der Waals surface area contributed by atoms with Crippen LogP contribution in [0.4, 0.5) is 5.82 Å². The summed E-state index contributed by atoms with van der Waals surface area (Å²) >= 11 is 6.04. The number of nitrogens with zero attached hydrogens (tertiary/aromatic N) is 1. The van der Waals surface area contributed by atoms with Crippen LogP contribution in [0.1, 0.15) is 43.0 Å². The third-order valence-corrected chi connectivity index (χ3v) is 3.73. The predicted molar refractivity (Wildman–Crippen MR) is 77.7 cm³/mol. The predicted octanol–water partition coefficient (Wildman–Crippen LogP) is 3.09. The second kappa shape index (κ2) is 6.75. The van der Waals surface area contributed by atoms with Crippen LogP contribution < -0.4 is 10.6 Å². The van der Waals surface area contributed by atoms with E-state index in [9.17, 15) is 4.79 Å².